The lowest BCUT2D eigenvalue weighted by molar-refractivity contribution is -0.137. The second kappa shape index (κ2) is 5.84. The number of nitrogens with one attached hydrogen (secondary N) is 1. The van der Waals surface area contributed by atoms with E-state index in [1.807, 2.05) is 24.4 Å². The zero-order valence-electron chi connectivity index (χ0n) is 10.6. The number of carbonyl (C=O) groups is 2. The normalized spacial score (nSPS) is 10.6. The van der Waals surface area contributed by atoms with Crippen molar-refractivity contribution in [3.63, 3.8) is 0 Å². The number of thiophene rings is 1. The second-order valence-electron chi connectivity index (χ2n) is 4.40. The van der Waals surface area contributed by atoms with E-state index in [9.17, 15) is 9.59 Å². The fourth-order valence-corrected chi connectivity index (χ4v) is 2.89. The molecule has 2 aromatic rings. The summed E-state index contributed by atoms with van der Waals surface area (Å²) in [6, 6.07) is 5.99. The molecule has 0 unspecified atom stereocenters. The minimum absolute atomic E-state index is 0.0733. The van der Waals surface area contributed by atoms with Gasteiger partial charge < -0.3 is 10.4 Å². The smallest absolute Gasteiger partial charge is 0.303 e. The molecule has 0 aliphatic rings. The topological polar surface area (TPSA) is 66.4 Å². The molecule has 0 atom stereocenters. The maximum Gasteiger partial charge on any atom is 0.303 e. The maximum atomic E-state index is 12.0. The van der Waals surface area contributed by atoms with Crippen molar-refractivity contribution in [3.8, 4) is 0 Å². The summed E-state index contributed by atoms with van der Waals surface area (Å²) < 4.78 is 1.09. The van der Waals surface area contributed by atoms with Crippen molar-refractivity contribution in [2.75, 3.05) is 6.54 Å². The summed E-state index contributed by atoms with van der Waals surface area (Å²) >= 11 is 1.55. The number of aryl methyl sites for hydroxylation is 1. The van der Waals surface area contributed by atoms with Gasteiger partial charge in [0, 0.05) is 28.4 Å². The third-order valence-corrected chi connectivity index (χ3v) is 3.77. The fraction of sp³-hybridized carbons (Fsp3) is 0.286. The zero-order chi connectivity index (χ0) is 13.8. The summed E-state index contributed by atoms with van der Waals surface area (Å²) in [5.74, 6) is -0.980. The molecule has 1 aromatic carbocycles. The highest BCUT2D eigenvalue weighted by Crippen LogP contribution is 2.26. The van der Waals surface area contributed by atoms with Crippen LogP contribution in [0.25, 0.3) is 10.1 Å². The largest absolute Gasteiger partial charge is 0.481 e. The number of benzene rings is 1. The minimum Gasteiger partial charge on any atom is -0.481 e. The van der Waals surface area contributed by atoms with Crippen LogP contribution >= 0.6 is 11.3 Å². The van der Waals surface area contributed by atoms with Crippen molar-refractivity contribution in [1.29, 1.82) is 0 Å². The Morgan fingerprint density at radius 2 is 2.16 bits per heavy atom. The molecule has 1 heterocycles. The Morgan fingerprint density at radius 3 is 2.89 bits per heavy atom. The Bertz CT molecular complexity index is 618. The molecule has 1 amide bonds. The van der Waals surface area contributed by atoms with Gasteiger partial charge in [-0.2, -0.15) is 0 Å². The van der Waals surface area contributed by atoms with Crippen LogP contribution in [-0.4, -0.2) is 23.5 Å². The highest BCUT2D eigenvalue weighted by atomic mass is 32.1. The maximum absolute atomic E-state index is 12.0. The number of rotatable bonds is 5. The number of amides is 1. The van der Waals surface area contributed by atoms with E-state index in [0.29, 0.717) is 18.5 Å². The number of aliphatic carboxylic acids is 1. The van der Waals surface area contributed by atoms with Crippen LogP contribution in [0.1, 0.15) is 28.8 Å². The van der Waals surface area contributed by atoms with Gasteiger partial charge in [0.25, 0.3) is 5.91 Å². The Kier molecular flexibility index (Phi) is 4.16. The molecule has 0 saturated heterocycles. The molecule has 19 heavy (non-hydrogen) atoms. The van der Waals surface area contributed by atoms with Crippen molar-refractivity contribution in [3.05, 3.63) is 34.7 Å². The molecule has 0 spiro atoms. The van der Waals surface area contributed by atoms with E-state index in [4.69, 9.17) is 5.11 Å². The highest BCUT2D eigenvalue weighted by Gasteiger charge is 2.11. The summed E-state index contributed by atoms with van der Waals surface area (Å²) in [5, 5.41) is 14.1. The van der Waals surface area contributed by atoms with Crippen molar-refractivity contribution in [2.24, 2.45) is 0 Å². The van der Waals surface area contributed by atoms with E-state index >= 15 is 0 Å². The Morgan fingerprint density at radius 1 is 1.37 bits per heavy atom. The van der Waals surface area contributed by atoms with Crippen molar-refractivity contribution < 1.29 is 14.7 Å². The van der Waals surface area contributed by atoms with Gasteiger partial charge in [-0.1, -0.05) is 12.1 Å². The third-order valence-electron chi connectivity index (χ3n) is 2.83. The molecule has 5 heteroatoms. The summed E-state index contributed by atoms with van der Waals surface area (Å²) in [7, 11) is 0. The summed E-state index contributed by atoms with van der Waals surface area (Å²) in [6.45, 7) is 2.40. The van der Waals surface area contributed by atoms with Gasteiger partial charge in [-0.25, -0.2) is 0 Å². The SMILES string of the molecule is Cc1ccc2c(C(=O)NCCCC(=O)O)csc2c1. The number of carboxylic acids is 1. The van der Waals surface area contributed by atoms with Crippen LogP contribution in [0.15, 0.2) is 23.6 Å². The molecule has 1 aromatic heterocycles. The van der Waals surface area contributed by atoms with E-state index in [-0.39, 0.29) is 12.3 Å². The Hall–Kier alpha value is -1.88. The van der Waals surface area contributed by atoms with E-state index in [1.165, 1.54) is 5.56 Å². The average molecular weight is 277 g/mol. The molecule has 0 aliphatic carbocycles. The standard InChI is InChI=1S/C14H15NO3S/c1-9-4-5-10-11(8-19-12(10)7-9)14(18)15-6-2-3-13(16)17/h4-5,7-8H,2-3,6H2,1H3,(H,15,18)(H,16,17). The monoisotopic (exact) mass is 277 g/mol. The van der Waals surface area contributed by atoms with Crippen molar-refractivity contribution in [2.45, 2.75) is 19.8 Å². The molecular weight excluding hydrogens is 262 g/mol. The van der Waals surface area contributed by atoms with Crippen molar-refractivity contribution in [1.82, 2.24) is 5.32 Å². The summed E-state index contributed by atoms with van der Waals surface area (Å²) in [5.41, 5.74) is 1.83. The number of carboxylic acid groups (broad SMARTS) is 1. The number of fused-ring (bicyclic) bond motifs is 1. The lowest BCUT2D eigenvalue weighted by Crippen LogP contribution is -2.24. The van der Waals surface area contributed by atoms with Gasteiger partial charge in [-0.05, 0) is 25.0 Å². The average Bonchev–Trinajstić information content (AvgIpc) is 2.77. The third kappa shape index (κ3) is 3.32. The molecule has 4 nitrogen and oxygen atoms in total. The van der Waals surface area contributed by atoms with Gasteiger partial charge in [0.15, 0.2) is 0 Å². The van der Waals surface area contributed by atoms with Crippen LogP contribution in [-0.2, 0) is 4.79 Å². The fourth-order valence-electron chi connectivity index (χ4n) is 1.85. The van der Waals surface area contributed by atoms with Crippen LogP contribution in [0, 0.1) is 6.92 Å². The first-order valence-electron chi connectivity index (χ1n) is 6.06. The molecule has 2 N–H and O–H groups in total. The molecule has 100 valence electrons. The van der Waals surface area contributed by atoms with E-state index < -0.39 is 5.97 Å². The predicted molar refractivity (Wildman–Crippen MR) is 75.8 cm³/mol. The first-order chi connectivity index (χ1) is 9.08. The second-order valence-corrected chi connectivity index (χ2v) is 5.31. The van der Waals surface area contributed by atoms with Crippen LogP contribution < -0.4 is 5.32 Å². The van der Waals surface area contributed by atoms with E-state index in [1.54, 1.807) is 11.3 Å². The van der Waals surface area contributed by atoms with Crippen LogP contribution in [0.2, 0.25) is 0 Å². The molecule has 0 fully saturated rings. The molecule has 0 aliphatic heterocycles. The van der Waals surface area contributed by atoms with Gasteiger partial charge in [0.1, 0.15) is 0 Å². The van der Waals surface area contributed by atoms with Gasteiger partial charge in [-0.3, -0.25) is 9.59 Å². The van der Waals surface area contributed by atoms with Crippen LogP contribution in [0.4, 0.5) is 0 Å². The Balaban J connectivity index is 2.03. The van der Waals surface area contributed by atoms with Gasteiger partial charge in [0.05, 0.1) is 5.56 Å². The highest BCUT2D eigenvalue weighted by molar-refractivity contribution is 7.17. The Labute approximate surface area is 115 Å². The van der Waals surface area contributed by atoms with Gasteiger partial charge >= 0.3 is 5.97 Å². The number of carbonyl (C=O) groups excluding carboxylic acids is 1. The van der Waals surface area contributed by atoms with Crippen LogP contribution in [0.3, 0.4) is 0 Å². The zero-order valence-corrected chi connectivity index (χ0v) is 11.4. The molecule has 2 rings (SSSR count). The van der Waals surface area contributed by atoms with Crippen LogP contribution in [0.5, 0.6) is 0 Å². The lowest BCUT2D eigenvalue weighted by atomic mass is 10.1. The number of hydrogen-bond donors (Lipinski definition) is 2. The predicted octanol–water partition coefficient (Wildman–Crippen LogP) is 2.80. The lowest BCUT2D eigenvalue weighted by Gasteiger charge is -2.03. The summed E-state index contributed by atoms with van der Waals surface area (Å²) in [6.07, 6.45) is 0.520. The molecule has 0 bridgehead atoms. The summed E-state index contributed by atoms with van der Waals surface area (Å²) in [4.78, 5) is 22.4. The quantitative estimate of drug-likeness (QED) is 0.826. The molecule has 0 radical (unpaired) electrons. The van der Waals surface area contributed by atoms with Crippen molar-refractivity contribution >= 4 is 33.3 Å². The van der Waals surface area contributed by atoms with E-state index in [2.05, 4.69) is 11.4 Å². The number of hydrogen-bond acceptors (Lipinski definition) is 3. The van der Waals surface area contributed by atoms with Gasteiger partial charge in [-0.15, -0.1) is 11.3 Å². The van der Waals surface area contributed by atoms with E-state index in [0.717, 1.165) is 10.1 Å². The minimum atomic E-state index is -0.842. The van der Waals surface area contributed by atoms with Gasteiger partial charge in [0.2, 0.25) is 0 Å². The first-order valence-corrected chi connectivity index (χ1v) is 6.94. The molecular formula is C14H15NO3S. The molecule has 0 saturated carbocycles. The first kappa shape index (κ1) is 13.5.